The molecule has 0 fully saturated rings. The molecule has 4 rings (SSSR count). The Morgan fingerprint density at radius 2 is 0.906 bits per heavy atom. The maximum Gasteiger partial charge on any atom is -1.00 e. The third kappa shape index (κ3) is 9.94. The van der Waals surface area contributed by atoms with E-state index in [4.69, 9.17) is 0 Å². The first-order valence-electron chi connectivity index (χ1n) is 10.7. The zero-order valence-corrected chi connectivity index (χ0v) is 28.8. The average molecular weight is 682 g/mol. The fourth-order valence-corrected chi connectivity index (χ4v) is 5.52. The van der Waals surface area contributed by atoms with Gasteiger partial charge in [-0.05, 0) is 0 Å². The zero-order chi connectivity index (χ0) is 22.5. The van der Waals surface area contributed by atoms with Gasteiger partial charge in [0.15, 0.2) is 0 Å². The van der Waals surface area contributed by atoms with Gasteiger partial charge in [-0.1, -0.05) is 51.4 Å². The van der Waals surface area contributed by atoms with E-state index >= 15 is 0 Å². The van der Waals surface area contributed by atoms with Gasteiger partial charge >= 0.3 is 41.6 Å². The normalized spacial score (nSPS) is 10.8. The maximum atomic E-state index is 2.39. The van der Waals surface area contributed by atoms with Crippen LogP contribution in [0.5, 0.6) is 0 Å². The molecule has 0 unspecified atom stereocenters. The summed E-state index contributed by atoms with van der Waals surface area (Å²) in [6.07, 6.45) is 0. The molecular formula is C26H36Cl2HfSi3-2. The number of benzene rings is 2. The molecule has 0 amide bonds. The molecule has 0 aliphatic carbocycles. The summed E-state index contributed by atoms with van der Waals surface area (Å²) in [6, 6.07) is 26.6. The van der Waals surface area contributed by atoms with E-state index in [1.54, 1.807) is 10.4 Å². The number of fused-ring (bicyclic) bond motifs is 2. The van der Waals surface area contributed by atoms with Gasteiger partial charge in [-0.3, -0.25) is 0 Å². The minimum Gasteiger partial charge on any atom is -1.00 e. The van der Waals surface area contributed by atoms with Crippen molar-refractivity contribution in [3.05, 3.63) is 72.8 Å². The Hall–Kier alpha value is -0.239. The fourth-order valence-electron chi connectivity index (χ4n) is 3.17. The van der Waals surface area contributed by atoms with Gasteiger partial charge in [-0.25, -0.2) is 0 Å². The SMILES string of the molecule is C[Si](C)(C)c1cc2ccccc2[cH-]1.C[Si](C)(C)c1cc2ccccc2[cH-]1.C[Si](C)=[Hf+2].[Cl-].[Cl-]. The number of halogens is 2. The van der Waals surface area contributed by atoms with Crippen molar-refractivity contribution in [3.63, 3.8) is 0 Å². The molecule has 0 aliphatic heterocycles. The Labute approximate surface area is 224 Å². The van der Waals surface area contributed by atoms with Crippen LogP contribution in [0.25, 0.3) is 21.5 Å². The summed E-state index contributed by atoms with van der Waals surface area (Å²) in [5.41, 5.74) is 0.259. The van der Waals surface area contributed by atoms with Crippen molar-refractivity contribution in [1.29, 1.82) is 0 Å². The quantitative estimate of drug-likeness (QED) is 0.219. The minimum atomic E-state index is -1.12. The molecule has 0 saturated carbocycles. The van der Waals surface area contributed by atoms with Gasteiger partial charge in [0.2, 0.25) is 0 Å². The number of rotatable bonds is 2. The molecule has 0 radical (unpaired) electrons. The summed E-state index contributed by atoms with van der Waals surface area (Å²) in [7, 11) is -2.23. The second-order valence-electron chi connectivity index (χ2n) is 10.2. The Balaban J connectivity index is 0.000000490. The smallest absolute Gasteiger partial charge is 1.00 e. The summed E-state index contributed by atoms with van der Waals surface area (Å²) in [5, 5.41) is 8.68. The largest absolute Gasteiger partial charge is 1.00 e. The summed E-state index contributed by atoms with van der Waals surface area (Å²) in [4.78, 5) is 0. The molecule has 0 aromatic heterocycles. The molecule has 32 heavy (non-hydrogen) atoms. The number of hydrogen-bond acceptors (Lipinski definition) is 0. The van der Waals surface area contributed by atoms with Crippen molar-refractivity contribution >= 4 is 53.6 Å². The predicted molar refractivity (Wildman–Crippen MR) is 143 cm³/mol. The van der Waals surface area contributed by atoms with Gasteiger partial charge in [0, 0.05) is 0 Å². The third-order valence-electron chi connectivity index (χ3n) is 4.97. The Morgan fingerprint density at radius 3 is 1.16 bits per heavy atom. The second kappa shape index (κ2) is 13.6. The molecule has 0 heterocycles. The van der Waals surface area contributed by atoms with Crippen molar-refractivity contribution in [1.82, 2.24) is 0 Å². The monoisotopic (exact) mass is 682 g/mol. The van der Waals surface area contributed by atoms with E-state index in [2.05, 4.69) is 125 Å². The molecule has 4 aromatic carbocycles. The van der Waals surface area contributed by atoms with Gasteiger partial charge in [-0.15, -0.1) is 69.7 Å². The van der Waals surface area contributed by atoms with Crippen molar-refractivity contribution in [2.45, 2.75) is 52.4 Å². The summed E-state index contributed by atoms with van der Waals surface area (Å²) >= 11 is 1.45. The molecule has 172 valence electrons. The van der Waals surface area contributed by atoms with Crippen molar-refractivity contribution in [2.75, 3.05) is 0 Å². The molecule has 0 spiro atoms. The summed E-state index contributed by atoms with van der Waals surface area (Å²) in [5.74, 6) is 0. The molecule has 0 bridgehead atoms. The Morgan fingerprint density at radius 1 is 0.625 bits per heavy atom. The van der Waals surface area contributed by atoms with Crippen LogP contribution in [0.1, 0.15) is 0 Å². The van der Waals surface area contributed by atoms with Crippen molar-refractivity contribution in [3.8, 4) is 0 Å². The molecule has 4 aromatic rings. The topological polar surface area (TPSA) is 0 Å². The van der Waals surface area contributed by atoms with E-state index in [1.807, 2.05) is 0 Å². The fraction of sp³-hybridized carbons (Fsp3) is 0.308. The third-order valence-corrected chi connectivity index (χ3v) is 9.01. The van der Waals surface area contributed by atoms with E-state index in [9.17, 15) is 0 Å². The van der Waals surface area contributed by atoms with Crippen LogP contribution in [0, 0.1) is 0 Å². The van der Waals surface area contributed by atoms with Gasteiger partial charge in [0.1, 0.15) is 0 Å². The summed E-state index contributed by atoms with van der Waals surface area (Å²) in [6.45, 7) is 19.0. The zero-order valence-electron chi connectivity index (χ0n) is 20.7. The van der Waals surface area contributed by atoms with Crippen LogP contribution < -0.4 is 35.2 Å². The molecule has 0 aliphatic rings. The van der Waals surface area contributed by atoms with E-state index < -0.39 is 16.1 Å². The molecule has 0 nitrogen and oxygen atoms in total. The van der Waals surface area contributed by atoms with Gasteiger partial charge in [0.05, 0.1) is 16.1 Å². The van der Waals surface area contributed by atoms with Crippen LogP contribution in [0.15, 0.2) is 72.8 Å². The second-order valence-corrected chi connectivity index (χ2v) is 33.2. The van der Waals surface area contributed by atoms with E-state index in [-0.39, 0.29) is 30.3 Å². The van der Waals surface area contributed by atoms with E-state index in [0.717, 1.165) is 0 Å². The first kappa shape index (κ1) is 31.8. The average Bonchev–Trinajstić information content (AvgIpc) is 3.25. The standard InChI is InChI=1S/2C12H15Si.C2H6Si.2ClH.Hf/c2*1-13(2,3)12-8-10-6-4-5-7-11(10)9-12;1-3-2;;;/h2*4-9H,1-3H3;1-2H3;2*1H;/q2*-1;;;;+2/p-2. The maximum absolute atomic E-state index is 2.39. The van der Waals surface area contributed by atoms with Crippen LogP contribution in [0.2, 0.25) is 52.4 Å². The minimum absolute atomic E-state index is 0. The summed E-state index contributed by atoms with van der Waals surface area (Å²) < 4.78 is 0. The van der Waals surface area contributed by atoms with Crippen LogP contribution in [0.3, 0.4) is 0 Å². The van der Waals surface area contributed by atoms with Gasteiger partial charge in [0.25, 0.3) is 0 Å². The van der Waals surface area contributed by atoms with Crippen LogP contribution in [0.4, 0.5) is 0 Å². The Bertz CT molecular complexity index is 961. The van der Waals surface area contributed by atoms with Gasteiger partial charge in [-0.2, -0.15) is 22.9 Å². The van der Waals surface area contributed by atoms with E-state index in [0.29, 0.717) is 0 Å². The van der Waals surface area contributed by atoms with Crippen molar-refractivity contribution in [2.24, 2.45) is 0 Å². The molecule has 6 heteroatoms. The van der Waals surface area contributed by atoms with Crippen LogP contribution in [-0.2, 0) is 23.0 Å². The molecule has 0 atom stereocenters. The first-order chi connectivity index (χ1) is 13.9. The van der Waals surface area contributed by atoms with Gasteiger partial charge < -0.3 is 24.8 Å². The van der Waals surface area contributed by atoms with Crippen molar-refractivity contribution < 1.29 is 47.8 Å². The molecular weight excluding hydrogens is 646 g/mol. The predicted octanol–water partition coefficient (Wildman–Crippen LogP) is 1.00. The molecule has 0 saturated heterocycles. The van der Waals surface area contributed by atoms with Crippen LogP contribution >= 0.6 is 0 Å². The van der Waals surface area contributed by atoms with E-state index in [1.165, 1.54) is 44.5 Å². The Kier molecular flexibility index (Phi) is 13.5. The number of hydrogen-bond donors (Lipinski definition) is 0. The first-order valence-corrected chi connectivity index (χ1v) is 25.6. The van der Waals surface area contributed by atoms with Crippen LogP contribution in [-0.4, -0.2) is 21.6 Å². The molecule has 0 N–H and O–H groups in total.